The summed E-state index contributed by atoms with van der Waals surface area (Å²) in [5, 5.41) is 14.9. The van der Waals surface area contributed by atoms with Crippen molar-refractivity contribution in [1.82, 2.24) is 25.4 Å². The van der Waals surface area contributed by atoms with Gasteiger partial charge in [-0.1, -0.05) is 12.1 Å². The Labute approximate surface area is 167 Å². The molecule has 2 N–H and O–H groups in total. The van der Waals surface area contributed by atoms with Crippen LogP contribution in [0.5, 0.6) is 5.75 Å². The van der Waals surface area contributed by atoms with Crippen LogP contribution in [0.4, 0.5) is 0 Å². The van der Waals surface area contributed by atoms with Crippen molar-refractivity contribution in [3.8, 4) is 5.75 Å². The number of aromatic nitrogens is 3. The van der Waals surface area contributed by atoms with Gasteiger partial charge >= 0.3 is 0 Å². The number of aryl methyl sites for hydroxylation is 2. The van der Waals surface area contributed by atoms with E-state index < -0.39 is 0 Å². The molecule has 2 rings (SSSR count). The fourth-order valence-corrected chi connectivity index (χ4v) is 2.54. The van der Waals surface area contributed by atoms with Gasteiger partial charge in [-0.3, -0.25) is 0 Å². The summed E-state index contributed by atoms with van der Waals surface area (Å²) in [6.07, 6.45) is 0.889. The molecule has 0 aliphatic rings. The molecule has 0 fully saturated rings. The summed E-state index contributed by atoms with van der Waals surface area (Å²) in [6.45, 7) is 8.56. The summed E-state index contributed by atoms with van der Waals surface area (Å²) < 4.78 is 13.0. The predicted molar refractivity (Wildman–Crippen MR) is 111 cm³/mol. The molecule has 0 spiro atoms. The third-order valence-corrected chi connectivity index (χ3v) is 4.26. The summed E-state index contributed by atoms with van der Waals surface area (Å²) in [5.74, 6) is 3.28. The number of aliphatic imine (C=N–C) groups is 1. The summed E-state index contributed by atoms with van der Waals surface area (Å²) in [7, 11) is 3.64. The zero-order chi connectivity index (χ0) is 20.4. The first-order valence-electron chi connectivity index (χ1n) is 9.59. The van der Waals surface area contributed by atoms with Gasteiger partial charge in [-0.05, 0) is 44.9 Å². The number of nitrogens with zero attached hydrogens (tertiary/aromatic N) is 4. The molecule has 0 radical (unpaired) electrons. The second-order valence-electron chi connectivity index (χ2n) is 6.79. The molecular weight excluding hydrogens is 356 g/mol. The molecular formula is C20H32N6O2. The summed E-state index contributed by atoms with van der Waals surface area (Å²) in [6, 6.07) is 8.05. The molecule has 1 aromatic carbocycles. The number of hydrogen-bond donors (Lipinski definition) is 2. The average molecular weight is 389 g/mol. The standard InChI is InChI=1S/C20H32N6O2/c1-15-8-6-9-18(12-15)28-16(2)13-22-20(21-10-7-11-27-5)23-14-19-25-24-17(3)26(19)4/h6,8-9,12,16H,7,10-11,13-14H2,1-5H3,(H2,21,22,23). The first-order valence-corrected chi connectivity index (χ1v) is 9.59. The zero-order valence-electron chi connectivity index (χ0n) is 17.5. The van der Waals surface area contributed by atoms with E-state index in [-0.39, 0.29) is 6.10 Å². The highest BCUT2D eigenvalue weighted by Crippen LogP contribution is 2.13. The molecule has 0 saturated carbocycles. The third kappa shape index (κ3) is 7.19. The highest BCUT2D eigenvalue weighted by molar-refractivity contribution is 5.79. The maximum atomic E-state index is 5.98. The molecule has 1 heterocycles. The van der Waals surface area contributed by atoms with E-state index in [1.807, 2.05) is 43.7 Å². The van der Waals surface area contributed by atoms with Crippen molar-refractivity contribution in [2.45, 2.75) is 39.8 Å². The first kappa shape index (κ1) is 21.7. The molecule has 1 unspecified atom stereocenters. The van der Waals surface area contributed by atoms with Crippen LogP contribution in [0.25, 0.3) is 0 Å². The van der Waals surface area contributed by atoms with E-state index >= 15 is 0 Å². The minimum atomic E-state index is -0.00940. The minimum Gasteiger partial charge on any atom is -0.489 e. The van der Waals surface area contributed by atoms with Crippen LogP contribution in [0.1, 0.15) is 30.6 Å². The third-order valence-electron chi connectivity index (χ3n) is 4.26. The molecule has 2 aromatic rings. The lowest BCUT2D eigenvalue weighted by Gasteiger charge is -2.18. The number of nitrogens with one attached hydrogen (secondary N) is 2. The van der Waals surface area contributed by atoms with Crippen LogP contribution in [0.15, 0.2) is 29.3 Å². The normalized spacial score (nSPS) is 12.7. The van der Waals surface area contributed by atoms with Gasteiger partial charge in [-0.25, -0.2) is 4.99 Å². The van der Waals surface area contributed by atoms with Crippen molar-refractivity contribution < 1.29 is 9.47 Å². The number of hydrogen-bond acceptors (Lipinski definition) is 5. The summed E-state index contributed by atoms with van der Waals surface area (Å²) in [4.78, 5) is 4.63. The number of methoxy groups -OCH3 is 1. The highest BCUT2D eigenvalue weighted by atomic mass is 16.5. The van der Waals surface area contributed by atoms with Gasteiger partial charge in [0.05, 0.1) is 6.54 Å². The molecule has 154 valence electrons. The van der Waals surface area contributed by atoms with Gasteiger partial charge in [0.15, 0.2) is 11.8 Å². The van der Waals surface area contributed by atoms with E-state index in [2.05, 4.69) is 38.8 Å². The van der Waals surface area contributed by atoms with Gasteiger partial charge in [-0.15, -0.1) is 10.2 Å². The van der Waals surface area contributed by atoms with Crippen LogP contribution in [0.2, 0.25) is 0 Å². The quantitative estimate of drug-likeness (QED) is 0.368. The maximum Gasteiger partial charge on any atom is 0.191 e. The van der Waals surface area contributed by atoms with Crippen molar-refractivity contribution >= 4 is 5.96 Å². The molecule has 0 amide bonds. The topological polar surface area (TPSA) is 85.6 Å². The molecule has 0 bridgehead atoms. The Balaban J connectivity index is 1.92. The van der Waals surface area contributed by atoms with Crippen molar-refractivity contribution in [2.75, 3.05) is 26.8 Å². The molecule has 8 heteroatoms. The molecule has 0 saturated heterocycles. The Bertz CT molecular complexity index is 759. The van der Waals surface area contributed by atoms with Gasteiger partial charge in [0.1, 0.15) is 24.2 Å². The van der Waals surface area contributed by atoms with Crippen molar-refractivity contribution in [3.05, 3.63) is 41.5 Å². The van der Waals surface area contributed by atoms with Crippen LogP contribution < -0.4 is 15.4 Å². The van der Waals surface area contributed by atoms with E-state index in [9.17, 15) is 0 Å². The van der Waals surface area contributed by atoms with Crippen molar-refractivity contribution in [1.29, 1.82) is 0 Å². The number of rotatable bonds is 10. The fraction of sp³-hybridized carbons (Fsp3) is 0.550. The van der Waals surface area contributed by atoms with Crippen LogP contribution >= 0.6 is 0 Å². The lowest BCUT2D eigenvalue weighted by molar-refractivity contribution is 0.195. The highest BCUT2D eigenvalue weighted by Gasteiger charge is 2.08. The first-order chi connectivity index (χ1) is 13.5. The molecule has 0 aliphatic heterocycles. The number of benzene rings is 1. The Morgan fingerprint density at radius 2 is 2.07 bits per heavy atom. The van der Waals surface area contributed by atoms with E-state index in [0.29, 0.717) is 19.7 Å². The van der Waals surface area contributed by atoms with E-state index in [4.69, 9.17) is 9.47 Å². The maximum absolute atomic E-state index is 5.98. The van der Waals surface area contributed by atoms with Crippen LogP contribution in [0.3, 0.4) is 0 Å². The van der Waals surface area contributed by atoms with Gasteiger partial charge in [-0.2, -0.15) is 0 Å². The molecule has 8 nitrogen and oxygen atoms in total. The van der Waals surface area contributed by atoms with E-state index in [1.165, 1.54) is 5.56 Å². The van der Waals surface area contributed by atoms with Crippen LogP contribution in [-0.4, -0.2) is 53.6 Å². The summed E-state index contributed by atoms with van der Waals surface area (Å²) >= 11 is 0. The summed E-state index contributed by atoms with van der Waals surface area (Å²) in [5.41, 5.74) is 1.18. The lowest BCUT2D eigenvalue weighted by Crippen LogP contribution is -2.42. The Morgan fingerprint density at radius 3 is 2.75 bits per heavy atom. The van der Waals surface area contributed by atoms with Crippen molar-refractivity contribution in [2.24, 2.45) is 12.0 Å². The fourth-order valence-electron chi connectivity index (χ4n) is 2.54. The lowest BCUT2D eigenvalue weighted by atomic mass is 10.2. The SMILES string of the molecule is COCCCNC(=NCc1nnc(C)n1C)NCC(C)Oc1cccc(C)c1. The second-order valence-corrected chi connectivity index (χ2v) is 6.79. The molecule has 28 heavy (non-hydrogen) atoms. The van der Waals surface area contributed by atoms with Crippen molar-refractivity contribution in [3.63, 3.8) is 0 Å². The number of ether oxygens (including phenoxy) is 2. The Morgan fingerprint density at radius 1 is 1.25 bits per heavy atom. The Hall–Kier alpha value is -2.61. The molecule has 1 atom stereocenters. The van der Waals surface area contributed by atoms with E-state index in [1.54, 1.807) is 7.11 Å². The predicted octanol–water partition coefficient (Wildman–Crippen LogP) is 1.97. The van der Waals surface area contributed by atoms with Gasteiger partial charge in [0, 0.05) is 27.3 Å². The monoisotopic (exact) mass is 388 g/mol. The molecule has 0 aliphatic carbocycles. The van der Waals surface area contributed by atoms with Crippen LogP contribution in [0, 0.1) is 13.8 Å². The van der Waals surface area contributed by atoms with Gasteiger partial charge < -0.3 is 24.7 Å². The largest absolute Gasteiger partial charge is 0.489 e. The van der Waals surface area contributed by atoms with E-state index in [0.717, 1.165) is 36.3 Å². The Kier molecular flexibility index (Phi) is 8.74. The minimum absolute atomic E-state index is 0.00940. The molecule has 1 aromatic heterocycles. The zero-order valence-corrected chi connectivity index (χ0v) is 17.5. The van der Waals surface area contributed by atoms with Gasteiger partial charge in [0.25, 0.3) is 0 Å². The van der Waals surface area contributed by atoms with Crippen LogP contribution in [-0.2, 0) is 18.3 Å². The average Bonchev–Trinajstić information content (AvgIpc) is 2.98. The van der Waals surface area contributed by atoms with Gasteiger partial charge in [0.2, 0.25) is 0 Å². The second kappa shape index (κ2) is 11.3. The number of guanidine groups is 1. The smallest absolute Gasteiger partial charge is 0.191 e.